The van der Waals surface area contributed by atoms with Gasteiger partial charge in [0.25, 0.3) is 0 Å². The van der Waals surface area contributed by atoms with Crippen LogP contribution in [0.1, 0.15) is 27.7 Å². The van der Waals surface area contributed by atoms with Crippen LogP contribution in [0, 0.1) is 5.41 Å². The third-order valence-electron chi connectivity index (χ3n) is 2.03. The average Bonchev–Trinajstić information content (AvgIpc) is 1.62. The summed E-state index contributed by atoms with van der Waals surface area (Å²) >= 11 is 0. The van der Waals surface area contributed by atoms with Crippen molar-refractivity contribution in [3.63, 3.8) is 0 Å². The van der Waals surface area contributed by atoms with E-state index in [0.29, 0.717) is 11.5 Å². The standard InChI is InChI=1S/C8H19N.BrH/c1-7(9(5)6)8(2,3)4;/h7H,1-6H3;1H. The lowest BCUT2D eigenvalue weighted by Crippen LogP contribution is -2.36. The highest BCUT2D eigenvalue weighted by atomic mass is 79.9. The number of rotatable bonds is 1. The lowest BCUT2D eigenvalue weighted by atomic mass is 9.87. The lowest BCUT2D eigenvalue weighted by molar-refractivity contribution is 0.169. The third kappa shape index (κ3) is 4.29. The highest BCUT2D eigenvalue weighted by Gasteiger charge is 2.20. The van der Waals surface area contributed by atoms with Crippen molar-refractivity contribution >= 4 is 17.0 Å². The highest BCUT2D eigenvalue weighted by Crippen LogP contribution is 2.21. The van der Waals surface area contributed by atoms with E-state index >= 15 is 0 Å². The number of halogens is 1. The second-order valence-corrected chi connectivity index (χ2v) is 4.01. The maximum absolute atomic E-state index is 2.26. The average molecular weight is 210 g/mol. The predicted molar refractivity (Wildman–Crippen MR) is 52.9 cm³/mol. The van der Waals surface area contributed by atoms with Gasteiger partial charge in [-0.05, 0) is 26.4 Å². The second kappa shape index (κ2) is 4.35. The molecule has 0 aromatic carbocycles. The third-order valence-corrected chi connectivity index (χ3v) is 2.03. The van der Waals surface area contributed by atoms with Crippen LogP contribution in [-0.4, -0.2) is 25.0 Å². The summed E-state index contributed by atoms with van der Waals surface area (Å²) in [6, 6.07) is 0.650. The van der Waals surface area contributed by atoms with E-state index in [-0.39, 0.29) is 17.0 Å². The molecule has 0 aromatic rings. The van der Waals surface area contributed by atoms with Crippen molar-refractivity contribution < 1.29 is 0 Å². The van der Waals surface area contributed by atoms with Gasteiger partial charge in [-0.15, -0.1) is 17.0 Å². The van der Waals surface area contributed by atoms with Gasteiger partial charge in [-0.1, -0.05) is 20.8 Å². The Bertz CT molecular complexity index is 83.7. The zero-order valence-corrected chi connectivity index (χ0v) is 9.65. The van der Waals surface area contributed by atoms with E-state index < -0.39 is 0 Å². The van der Waals surface area contributed by atoms with Gasteiger partial charge in [0.05, 0.1) is 0 Å². The summed E-state index contributed by atoms with van der Waals surface area (Å²) in [7, 11) is 4.24. The smallest absolute Gasteiger partial charge is 0.0109 e. The monoisotopic (exact) mass is 209 g/mol. The van der Waals surface area contributed by atoms with Gasteiger partial charge < -0.3 is 4.90 Å². The molecule has 1 unspecified atom stereocenters. The zero-order chi connectivity index (χ0) is 7.65. The summed E-state index contributed by atoms with van der Waals surface area (Å²) in [5.41, 5.74) is 0.406. The summed E-state index contributed by atoms with van der Waals surface area (Å²) in [5.74, 6) is 0. The predicted octanol–water partition coefficient (Wildman–Crippen LogP) is 2.56. The molecule has 1 atom stereocenters. The van der Waals surface area contributed by atoms with Crippen molar-refractivity contribution in [3.05, 3.63) is 0 Å². The Balaban J connectivity index is 0. The molecule has 2 heteroatoms. The van der Waals surface area contributed by atoms with Crippen molar-refractivity contribution in [3.8, 4) is 0 Å². The molecule has 0 amide bonds. The summed E-state index contributed by atoms with van der Waals surface area (Å²) in [6.07, 6.45) is 0. The fourth-order valence-electron chi connectivity index (χ4n) is 0.775. The molecule has 0 saturated heterocycles. The molecule has 0 saturated carbocycles. The molecule has 0 aliphatic heterocycles. The Labute approximate surface area is 75.6 Å². The molecule has 0 aliphatic rings. The van der Waals surface area contributed by atoms with Gasteiger partial charge in [0.15, 0.2) is 0 Å². The van der Waals surface area contributed by atoms with Crippen LogP contribution in [0.4, 0.5) is 0 Å². The van der Waals surface area contributed by atoms with Crippen LogP contribution < -0.4 is 0 Å². The molecule has 0 N–H and O–H groups in total. The van der Waals surface area contributed by atoms with Crippen molar-refractivity contribution in [2.45, 2.75) is 33.7 Å². The molecule has 64 valence electrons. The molecule has 1 nitrogen and oxygen atoms in total. The minimum Gasteiger partial charge on any atom is -0.306 e. The first-order valence-corrected chi connectivity index (χ1v) is 3.52. The normalized spacial score (nSPS) is 14.7. The van der Waals surface area contributed by atoms with E-state index in [9.17, 15) is 0 Å². The molecule has 0 spiro atoms. The molecule has 0 bridgehead atoms. The van der Waals surface area contributed by atoms with E-state index in [4.69, 9.17) is 0 Å². The van der Waals surface area contributed by atoms with Crippen LogP contribution in [0.3, 0.4) is 0 Å². The van der Waals surface area contributed by atoms with E-state index in [1.54, 1.807) is 0 Å². The molecule has 0 radical (unpaired) electrons. The summed E-state index contributed by atoms with van der Waals surface area (Å²) in [4.78, 5) is 2.25. The van der Waals surface area contributed by atoms with Gasteiger partial charge in [0, 0.05) is 6.04 Å². The largest absolute Gasteiger partial charge is 0.306 e. The first kappa shape index (κ1) is 13.1. The second-order valence-electron chi connectivity index (χ2n) is 4.01. The Kier molecular flexibility index (Phi) is 5.68. The number of hydrogen-bond acceptors (Lipinski definition) is 1. The maximum atomic E-state index is 2.26. The fourth-order valence-corrected chi connectivity index (χ4v) is 0.775. The van der Waals surface area contributed by atoms with Crippen LogP contribution in [0.25, 0.3) is 0 Å². The molecule has 0 aromatic heterocycles. The highest BCUT2D eigenvalue weighted by molar-refractivity contribution is 8.93. The molecule has 0 fully saturated rings. The van der Waals surface area contributed by atoms with Crippen LogP contribution >= 0.6 is 17.0 Å². The van der Waals surface area contributed by atoms with Gasteiger partial charge >= 0.3 is 0 Å². The molecule has 0 rings (SSSR count). The van der Waals surface area contributed by atoms with Gasteiger partial charge in [0.2, 0.25) is 0 Å². The van der Waals surface area contributed by atoms with Crippen molar-refractivity contribution in [1.82, 2.24) is 4.90 Å². The Morgan fingerprint density at radius 3 is 1.40 bits per heavy atom. The Morgan fingerprint density at radius 2 is 1.40 bits per heavy atom. The van der Waals surface area contributed by atoms with Crippen LogP contribution in [0.5, 0.6) is 0 Å². The van der Waals surface area contributed by atoms with E-state index in [0.717, 1.165) is 0 Å². The first-order valence-electron chi connectivity index (χ1n) is 3.52. The number of nitrogens with zero attached hydrogens (tertiary/aromatic N) is 1. The van der Waals surface area contributed by atoms with Crippen LogP contribution in [0.2, 0.25) is 0 Å². The first-order chi connectivity index (χ1) is 3.85. The van der Waals surface area contributed by atoms with E-state index in [1.165, 1.54) is 0 Å². The Hall–Kier alpha value is 0.440. The molecule has 0 aliphatic carbocycles. The minimum absolute atomic E-state index is 0. The van der Waals surface area contributed by atoms with Gasteiger partial charge in [0.1, 0.15) is 0 Å². The SMILES string of the molecule is Br.CC(N(C)C)C(C)(C)C. The molecule has 10 heavy (non-hydrogen) atoms. The zero-order valence-electron chi connectivity index (χ0n) is 7.93. The molecular formula is C8H20BrN. The fraction of sp³-hybridized carbons (Fsp3) is 1.00. The molecular weight excluding hydrogens is 190 g/mol. The van der Waals surface area contributed by atoms with Crippen molar-refractivity contribution in [1.29, 1.82) is 0 Å². The van der Waals surface area contributed by atoms with E-state index in [1.807, 2.05) is 0 Å². The quantitative estimate of drug-likeness (QED) is 0.642. The van der Waals surface area contributed by atoms with Crippen LogP contribution in [0.15, 0.2) is 0 Å². The van der Waals surface area contributed by atoms with Gasteiger partial charge in [-0.2, -0.15) is 0 Å². The summed E-state index contributed by atoms with van der Waals surface area (Å²) in [6.45, 7) is 9.03. The lowest BCUT2D eigenvalue weighted by Gasteiger charge is -2.32. The topological polar surface area (TPSA) is 3.24 Å². The Morgan fingerprint density at radius 1 is 1.10 bits per heavy atom. The van der Waals surface area contributed by atoms with E-state index in [2.05, 4.69) is 46.7 Å². The van der Waals surface area contributed by atoms with Crippen LogP contribution in [-0.2, 0) is 0 Å². The maximum Gasteiger partial charge on any atom is 0.0109 e. The summed E-state index contributed by atoms with van der Waals surface area (Å²) < 4.78 is 0. The summed E-state index contributed by atoms with van der Waals surface area (Å²) in [5, 5.41) is 0. The minimum atomic E-state index is 0. The molecule has 0 heterocycles. The van der Waals surface area contributed by atoms with Crippen molar-refractivity contribution in [2.24, 2.45) is 5.41 Å². The van der Waals surface area contributed by atoms with Gasteiger partial charge in [-0.3, -0.25) is 0 Å². The van der Waals surface area contributed by atoms with Crippen molar-refractivity contribution in [2.75, 3.05) is 14.1 Å². The van der Waals surface area contributed by atoms with Gasteiger partial charge in [-0.25, -0.2) is 0 Å². The number of hydrogen-bond donors (Lipinski definition) is 0.